The number of amides is 2. The molecule has 1 aliphatic rings. The van der Waals surface area contributed by atoms with Gasteiger partial charge in [0, 0.05) is 25.7 Å². The van der Waals surface area contributed by atoms with Crippen LogP contribution in [0.5, 0.6) is 0 Å². The predicted molar refractivity (Wildman–Crippen MR) is 57.0 cm³/mol. The second-order valence-electron chi connectivity index (χ2n) is 4.31. The van der Waals surface area contributed by atoms with Gasteiger partial charge in [0.05, 0.1) is 0 Å². The lowest BCUT2D eigenvalue weighted by molar-refractivity contribution is 0.192. The standard InChI is InChI=1S/C10H21N3O/c1-8(2)7-12-10(14)13-5-3-4-9(13)6-11/h8-9H,3-7,11H2,1-2H3,(H,12,14). The number of urea groups is 1. The normalized spacial score (nSPS) is 21.7. The van der Waals surface area contributed by atoms with E-state index < -0.39 is 0 Å². The highest BCUT2D eigenvalue weighted by Gasteiger charge is 2.27. The van der Waals surface area contributed by atoms with Gasteiger partial charge in [-0.05, 0) is 18.8 Å². The Kier molecular flexibility index (Phi) is 4.20. The van der Waals surface area contributed by atoms with E-state index in [1.165, 1.54) is 0 Å². The maximum absolute atomic E-state index is 11.7. The highest BCUT2D eigenvalue weighted by molar-refractivity contribution is 5.74. The van der Waals surface area contributed by atoms with E-state index in [0.717, 1.165) is 25.9 Å². The molecule has 0 aliphatic carbocycles. The van der Waals surface area contributed by atoms with E-state index in [0.29, 0.717) is 12.5 Å². The van der Waals surface area contributed by atoms with Crippen molar-refractivity contribution in [3.63, 3.8) is 0 Å². The third kappa shape index (κ3) is 2.87. The molecule has 4 nitrogen and oxygen atoms in total. The van der Waals surface area contributed by atoms with E-state index in [1.807, 2.05) is 4.90 Å². The number of hydrogen-bond acceptors (Lipinski definition) is 2. The Bertz CT molecular complexity index is 194. The Balaban J connectivity index is 2.35. The largest absolute Gasteiger partial charge is 0.338 e. The molecule has 1 atom stereocenters. The van der Waals surface area contributed by atoms with Crippen LogP contribution in [0.4, 0.5) is 4.79 Å². The molecule has 1 heterocycles. The number of carbonyl (C=O) groups is 1. The Labute approximate surface area is 85.8 Å². The zero-order chi connectivity index (χ0) is 10.6. The van der Waals surface area contributed by atoms with Crippen LogP contribution in [0.1, 0.15) is 26.7 Å². The zero-order valence-corrected chi connectivity index (χ0v) is 9.12. The first-order valence-electron chi connectivity index (χ1n) is 5.39. The van der Waals surface area contributed by atoms with Crippen LogP contribution in [-0.2, 0) is 0 Å². The minimum Gasteiger partial charge on any atom is -0.338 e. The van der Waals surface area contributed by atoms with Crippen LogP contribution in [0.25, 0.3) is 0 Å². The van der Waals surface area contributed by atoms with Gasteiger partial charge in [-0.1, -0.05) is 13.8 Å². The molecule has 1 saturated heterocycles. The van der Waals surface area contributed by atoms with E-state index in [-0.39, 0.29) is 12.1 Å². The number of carbonyl (C=O) groups excluding carboxylic acids is 1. The number of nitrogens with zero attached hydrogens (tertiary/aromatic N) is 1. The van der Waals surface area contributed by atoms with E-state index in [4.69, 9.17) is 5.73 Å². The van der Waals surface area contributed by atoms with Gasteiger partial charge in [-0.3, -0.25) is 0 Å². The quantitative estimate of drug-likeness (QED) is 0.705. The zero-order valence-electron chi connectivity index (χ0n) is 9.12. The van der Waals surface area contributed by atoms with E-state index in [9.17, 15) is 4.79 Å². The molecule has 0 aromatic carbocycles. The Morgan fingerprint density at radius 2 is 2.36 bits per heavy atom. The van der Waals surface area contributed by atoms with Gasteiger partial charge in [-0.25, -0.2) is 4.79 Å². The molecule has 1 unspecified atom stereocenters. The first-order chi connectivity index (χ1) is 6.65. The SMILES string of the molecule is CC(C)CNC(=O)N1CCCC1CN. The molecule has 1 fully saturated rings. The van der Waals surface area contributed by atoms with Gasteiger partial charge in [0.2, 0.25) is 0 Å². The fourth-order valence-corrected chi connectivity index (χ4v) is 1.74. The van der Waals surface area contributed by atoms with Crippen molar-refractivity contribution in [2.45, 2.75) is 32.7 Å². The maximum atomic E-state index is 11.7. The molecule has 2 amide bonds. The van der Waals surface area contributed by atoms with E-state index in [2.05, 4.69) is 19.2 Å². The smallest absolute Gasteiger partial charge is 0.317 e. The van der Waals surface area contributed by atoms with Gasteiger partial charge < -0.3 is 16.0 Å². The summed E-state index contributed by atoms with van der Waals surface area (Å²) < 4.78 is 0. The monoisotopic (exact) mass is 199 g/mol. The summed E-state index contributed by atoms with van der Waals surface area (Å²) in [4.78, 5) is 13.5. The molecule has 4 heteroatoms. The fraction of sp³-hybridized carbons (Fsp3) is 0.900. The second-order valence-corrected chi connectivity index (χ2v) is 4.31. The molecule has 0 aromatic rings. The molecular weight excluding hydrogens is 178 g/mol. The minimum absolute atomic E-state index is 0.0478. The molecule has 14 heavy (non-hydrogen) atoms. The number of hydrogen-bond donors (Lipinski definition) is 2. The highest BCUT2D eigenvalue weighted by atomic mass is 16.2. The molecule has 0 spiro atoms. The third-order valence-electron chi connectivity index (χ3n) is 2.57. The molecule has 1 aliphatic heterocycles. The first kappa shape index (κ1) is 11.3. The first-order valence-corrected chi connectivity index (χ1v) is 5.39. The van der Waals surface area contributed by atoms with Crippen molar-refractivity contribution in [1.29, 1.82) is 0 Å². The van der Waals surface area contributed by atoms with Crippen molar-refractivity contribution < 1.29 is 4.79 Å². The summed E-state index contributed by atoms with van der Waals surface area (Å²) in [5.41, 5.74) is 5.60. The van der Waals surface area contributed by atoms with E-state index >= 15 is 0 Å². The van der Waals surface area contributed by atoms with Crippen LogP contribution in [0.2, 0.25) is 0 Å². The summed E-state index contributed by atoms with van der Waals surface area (Å²) in [6.45, 7) is 6.35. The number of nitrogens with one attached hydrogen (secondary N) is 1. The molecule has 0 radical (unpaired) electrons. The van der Waals surface area contributed by atoms with Gasteiger partial charge in [-0.15, -0.1) is 0 Å². The van der Waals surface area contributed by atoms with Gasteiger partial charge in [0.25, 0.3) is 0 Å². The average molecular weight is 199 g/mol. The number of rotatable bonds is 3. The minimum atomic E-state index is 0.0478. The van der Waals surface area contributed by atoms with Gasteiger partial charge >= 0.3 is 6.03 Å². The van der Waals surface area contributed by atoms with Crippen molar-refractivity contribution in [3.8, 4) is 0 Å². The predicted octanol–water partition coefficient (Wildman–Crippen LogP) is 0.775. The lowest BCUT2D eigenvalue weighted by Gasteiger charge is -2.24. The highest BCUT2D eigenvalue weighted by Crippen LogP contribution is 2.15. The fourth-order valence-electron chi connectivity index (χ4n) is 1.74. The Hall–Kier alpha value is -0.770. The summed E-state index contributed by atoms with van der Waals surface area (Å²) in [5.74, 6) is 0.498. The molecule has 0 aromatic heterocycles. The molecule has 82 valence electrons. The lowest BCUT2D eigenvalue weighted by Crippen LogP contribution is -2.46. The lowest BCUT2D eigenvalue weighted by atomic mass is 10.2. The van der Waals surface area contributed by atoms with E-state index in [1.54, 1.807) is 0 Å². The number of nitrogens with two attached hydrogens (primary N) is 1. The second kappa shape index (κ2) is 5.20. The van der Waals surface area contributed by atoms with Crippen molar-refractivity contribution in [3.05, 3.63) is 0 Å². The summed E-state index contributed by atoms with van der Waals surface area (Å²) in [6, 6.07) is 0.300. The maximum Gasteiger partial charge on any atom is 0.317 e. The Morgan fingerprint density at radius 1 is 1.64 bits per heavy atom. The average Bonchev–Trinajstić information content (AvgIpc) is 2.61. The topological polar surface area (TPSA) is 58.4 Å². The molecule has 3 N–H and O–H groups in total. The van der Waals surface area contributed by atoms with Crippen LogP contribution in [0.15, 0.2) is 0 Å². The van der Waals surface area contributed by atoms with Crippen molar-refractivity contribution in [2.75, 3.05) is 19.6 Å². The van der Waals surface area contributed by atoms with Crippen molar-refractivity contribution in [2.24, 2.45) is 11.7 Å². The molecular formula is C10H21N3O. The summed E-state index contributed by atoms with van der Waals surface area (Å²) in [6.07, 6.45) is 2.13. The number of likely N-dealkylation sites (tertiary alicyclic amines) is 1. The Morgan fingerprint density at radius 3 is 2.93 bits per heavy atom. The van der Waals surface area contributed by atoms with Crippen LogP contribution < -0.4 is 11.1 Å². The summed E-state index contributed by atoms with van der Waals surface area (Å²) in [5, 5.41) is 2.92. The third-order valence-corrected chi connectivity index (χ3v) is 2.57. The van der Waals surface area contributed by atoms with Crippen LogP contribution in [-0.4, -0.2) is 36.6 Å². The van der Waals surface area contributed by atoms with Crippen LogP contribution >= 0.6 is 0 Å². The van der Waals surface area contributed by atoms with Crippen molar-refractivity contribution in [1.82, 2.24) is 10.2 Å². The molecule has 0 bridgehead atoms. The summed E-state index contributed by atoms with van der Waals surface area (Å²) in [7, 11) is 0. The van der Waals surface area contributed by atoms with Crippen LogP contribution in [0, 0.1) is 5.92 Å². The van der Waals surface area contributed by atoms with Gasteiger partial charge in [-0.2, -0.15) is 0 Å². The van der Waals surface area contributed by atoms with Crippen LogP contribution in [0.3, 0.4) is 0 Å². The van der Waals surface area contributed by atoms with Crippen molar-refractivity contribution >= 4 is 6.03 Å². The molecule has 1 rings (SSSR count). The van der Waals surface area contributed by atoms with Gasteiger partial charge in [0.1, 0.15) is 0 Å². The summed E-state index contributed by atoms with van der Waals surface area (Å²) >= 11 is 0. The van der Waals surface area contributed by atoms with Gasteiger partial charge in [0.15, 0.2) is 0 Å². The molecule has 0 saturated carbocycles.